The van der Waals surface area contributed by atoms with E-state index in [1.54, 1.807) is 24.3 Å². The van der Waals surface area contributed by atoms with Gasteiger partial charge in [0.25, 0.3) is 0 Å². The number of hydrogen-bond donors (Lipinski definition) is 2. The average Bonchev–Trinajstić information content (AvgIpc) is 2.58. The van der Waals surface area contributed by atoms with E-state index in [2.05, 4.69) is 15.5 Å². The molecule has 0 radical (unpaired) electrons. The summed E-state index contributed by atoms with van der Waals surface area (Å²) in [5, 5.41) is 6.25. The van der Waals surface area contributed by atoms with Crippen LogP contribution < -0.4 is 15.5 Å². The summed E-state index contributed by atoms with van der Waals surface area (Å²) >= 11 is 5.83. The number of anilines is 3. The molecule has 0 aliphatic carbocycles. The number of rotatable bonds is 3. The Hall–Kier alpha value is -2.24. The summed E-state index contributed by atoms with van der Waals surface area (Å²) in [6, 6.07) is 14.5. The van der Waals surface area contributed by atoms with Gasteiger partial charge in [-0.2, -0.15) is 0 Å². The molecule has 0 aromatic heterocycles. The molecule has 1 aliphatic heterocycles. The number of benzene rings is 2. The normalized spacial score (nSPS) is 14.4. The lowest BCUT2D eigenvalue weighted by Gasteiger charge is -2.29. The van der Waals surface area contributed by atoms with Crippen molar-refractivity contribution in [2.24, 2.45) is 0 Å². The molecule has 1 saturated heterocycles. The van der Waals surface area contributed by atoms with Crippen molar-refractivity contribution in [1.82, 2.24) is 0 Å². The first-order valence-electron chi connectivity index (χ1n) is 7.47. The number of urea groups is 1. The van der Waals surface area contributed by atoms with Crippen LogP contribution in [0.15, 0.2) is 48.5 Å². The lowest BCUT2D eigenvalue weighted by molar-refractivity contribution is 0.122. The number of nitrogens with zero attached hydrogens (tertiary/aromatic N) is 1. The van der Waals surface area contributed by atoms with Crippen LogP contribution in [0, 0.1) is 0 Å². The third-order valence-electron chi connectivity index (χ3n) is 3.58. The van der Waals surface area contributed by atoms with Crippen LogP contribution in [-0.4, -0.2) is 32.3 Å². The first-order chi connectivity index (χ1) is 11.2. The summed E-state index contributed by atoms with van der Waals surface area (Å²) in [5.41, 5.74) is 2.52. The minimum Gasteiger partial charge on any atom is -0.378 e. The summed E-state index contributed by atoms with van der Waals surface area (Å²) in [4.78, 5) is 14.3. The molecule has 2 aromatic rings. The molecule has 0 spiro atoms. The molecule has 0 unspecified atom stereocenters. The van der Waals surface area contributed by atoms with Crippen molar-refractivity contribution in [3.8, 4) is 0 Å². The van der Waals surface area contributed by atoms with Gasteiger partial charge in [0.2, 0.25) is 0 Å². The third-order valence-corrected chi connectivity index (χ3v) is 3.83. The van der Waals surface area contributed by atoms with Crippen LogP contribution in [0.4, 0.5) is 21.9 Å². The highest BCUT2D eigenvalue weighted by Gasteiger charge is 2.12. The Kier molecular flexibility index (Phi) is 5.00. The van der Waals surface area contributed by atoms with E-state index in [1.165, 1.54) is 0 Å². The van der Waals surface area contributed by atoms with Crippen molar-refractivity contribution in [2.45, 2.75) is 0 Å². The Morgan fingerprint density at radius 3 is 2.43 bits per heavy atom. The van der Waals surface area contributed by atoms with Gasteiger partial charge in [0.1, 0.15) is 0 Å². The summed E-state index contributed by atoms with van der Waals surface area (Å²) < 4.78 is 5.36. The molecule has 1 fully saturated rings. The fraction of sp³-hybridized carbons (Fsp3) is 0.235. The van der Waals surface area contributed by atoms with Crippen molar-refractivity contribution >= 4 is 34.7 Å². The molecule has 6 heteroatoms. The molecule has 1 aliphatic rings. The van der Waals surface area contributed by atoms with Gasteiger partial charge >= 0.3 is 6.03 Å². The van der Waals surface area contributed by atoms with Gasteiger partial charge in [0.05, 0.1) is 13.2 Å². The summed E-state index contributed by atoms with van der Waals surface area (Å²) in [7, 11) is 0. The zero-order valence-electron chi connectivity index (χ0n) is 12.6. The van der Waals surface area contributed by atoms with E-state index in [4.69, 9.17) is 16.3 Å². The van der Waals surface area contributed by atoms with Crippen molar-refractivity contribution in [2.75, 3.05) is 41.8 Å². The number of carbonyl (C=O) groups is 1. The highest BCUT2D eigenvalue weighted by atomic mass is 35.5. The largest absolute Gasteiger partial charge is 0.378 e. The van der Waals surface area contributed by atoms with Gasteiger partial charge in [0, 0.05) is 35.2 Å². The standard InChI is InChI=1S/C17H18ClN3O2/c18-13-4-6-14(7-5-13)19-17(22)20-15-2-1-3-16(12-15)21-8-10-23-11-9-21/h1-7,12H,8-11H2,(H2,19,20,22). The van der Waals surface area contributed by atoms with Crippen LogP contribution in [-0.2, 0) is 4.74 Å². The molecule has 0 bridgehead atoms. The Morgan fingerprint density at radius 1 is 1.00 bits per heavy atom. The maximum atomic E-state index is 12.1. The molecule has 120 valence electrons. The molecular formula is C17H18ClN3O2. The summed E-state index contributed by atoms with van der Waals surface area (Å²) in [5.74, 6) is 0. The molecule has 5 nitrogen and oxygen atoms in total. The third kappa shape index (κ3) is 4.37. The molecule has 3 rings (SSSR count). The van der Waals surface area contributed by atoms with Crippen LogP contribution >= 0.6 is 11.6 Å². The van der Waals surface area contributed by atoms with E-state index in [-0.39, 0.29) is 6.03 Å². The van der Waals surface area contributed by atoms with E-state index in [1.807, 2.05) is 24.3 Å². The van der Waals surface area contributed by atoms with Crippen LogP contribution in [0.25, 0.3) is 0 Å². The van der Waals surface area contributed by atoms with E-state index in [0.717, 1.165) is 37.7 Å². The monoisotopic (exact) mass is 331 g/mol. The van der Waals surface area contributed by atoms with Crippen LogP contribution in [0.3, 0.4) is 0 Å². The number of halogens is 1. The predicted molar refractivity (Wildman–Crippen MR) is 93.6 cm³/mol. The summed E-state index contributed by atoms with van der Waals surface area (Å²) in [6.07, 6.45) is 0. The molecule has 0 atom stereocenters. The molecular weight excluding hydrogens is 314 g/mol. The fourth-order valence-corrected chi connectivity index (χ4v) is 2.55. The second-order valence-electron chi connectivity index (χ2n) is 5.24. The maximum absolute atomic E-state index is 12.1. The van der Waals surface area contributed by atoms with Gasteiger partial charge in [-0.15, -0.1) is 0 Å². The maximum Gasteiger partial charge on any atom is 0.323 e. The number of ether oxygens (including phenoxy) is 1. The van der Waals surface area contributed by atoms with Crippen LogP contribution in [0.5, 0.6) is 0 Å². The van der Waals surface area contributed by atoms with Crippen molar-refractivity contribution in [3.05, 3.63) is 53.6 Å². The second kappa shape index (κ2) is 7.35. The quantitative estimate of drug-likeness (QED) is 0.899. The van der Waals surface area contributed by atoms with Gasteiger partial charge in [-0.25, -0.2) is 4.79 Å². The second-order valence-corrected chi connectivity index (χ2v) is 5.67. The van der Waals surface area contributed by atoms with E-state index in [9.17, 15) is 4.79 Å². The Labute approximate surface area is 140 Å². The van der Waals surface area contributed by atoms with Crippen LogP contribution in [0.2, 0.25) is 5.02 Å². The molecule has 2 N–H and O–H groups in total. The van der Waals surface area contributed by atoms with Gasteiger partial charge in [-0.1, -0.05) is 17.7 Å². The van der Waals surface area contributed by atoms with E-state index in [0.29, 0.717) is 10.7 Å². The van der Waals surface area contributed by atoms with Gasteiger partial charge < -0.3 is 20.3 Å². The molecule has 23 heavy (non-hydrogen) atoms. The predicted octanol–water partition coefficient (Wildman–Crippen LogP) is 3.82. The SMILES string of the molecule is O=C(Nc1ccc(Cl)cc1)Nc1cccc(N2CCOCC2)c1. The Balaban J connectivity index is 1.62. The van der Waals surface area contributed by atoms with Gasteiger partial charge in [-0.05, 0) is 42.5 Å². The summed E-state index contributed by atoms with van der Waals surface area (Å²) in [6.45, 7) is 3.18. The Bertz CT molecular complexity index is 670. The molecule has 1 heterocycles. The minimum absolute atomic E-state index is 0.286. The molecule has 2 amide bonds. The van der Waals surface area contributed by atoms with Gasteiger partial charge in [-0.3, -0.25) is 0 Å². The molecule has 0 saturated carbocycles. The van der Waals surface area contributed by atoms with Crippen molar-refractivity contribution < 1.29 is 9.53 Å². The fourth-order valence-electron chi connectivity index (χ4n) is 2.43. The minimum atomic E-state index is -0.286. The highest BCUT2D eigenvalue weighted by Crippen LogP contribution is 2.21. The van der Waals surface area contributed by atoms with Crippen LogP contribution in [0.1, 0.15) is 0 Å². The van der Waals surface area contributed by atoms with Gasteiger partial charge in [0.15, 0.2) is 0 Å². The molecule has 2 aromatic carbocycles. The van der Waals surface area contributed by atoms with Crippen molar-refractivity contribution in [1.29, 1.82) is 0 Å². The number of nitrogens with one attached hydrogen (secondary N) is 2. The van der Waals surface area contributed by atoms with E-state index >= 15 is 0 Å². The number of morpholine rings is 1. The zero-order chi connectivity index (χ0) is 16.1. The topological polar surface area (TPSA) is 53.6 Å². The van der Waals surface area contributed by atoms with E-state index < -0.39 is 0 Å². The highest BCUT2D eigenvalue weighted by molar-refractivity contribution is 6.30. The first kappa shape index (κ1) is 15.6. The lowest BCUT2D eigenvalue weighted by atomic mass is 10.2. The number of hydrogen-bond acceptors (Lipinski definition) is 3. The van der Waals surface area contributed by atoms with Crippen molar-refractivity contribution in [3.63, 3.8) is 0 Å². The first-order valence-corrected chi connectivity index (χ1v) is 7.85. The number of amides is 2. The smallest absolute Gasteiger partial charge is 0.323 e. The zero-order valence-corrected chi connectivity index (χ0v) is 13.3. The number of carbonyl (C=O) groups excluding carboxylic acids is 1. The lowest BCUT2D eigenvalue weighted by Crippen LogP contribution is -2.36. The average molecular weight is 332 g/mol. The Morgan fingerprint density at radius 2 is 1.70 bits per heavy atom.